The van der Waals surface area contributed by atoms with Crippen molar-refractivity contribution in [2.45, 2.75) is 0 Å². The van der Waals surface area contributed by atoms with Crippen LogP contribution in [0.4, 0.5) is 0 Å². The third-order valence-corrected chi connectivity index (χ3v) is 3.65. The number of hydrogen-bond acceptors (Lipinski definition) is 2. The third kappa shape index (κ3) is 4.23. The van der Waals surface area contributed by atoms with Crippen LogP contribution in [0.2, 0.25) is 0 Å². The van der Waals surface area contributed by atoms with Gasteiger partial charge in [-0.15, -0.1) is 0 Å². The molecule has 0 saturated carbocycles. The smallest absolute Gasteiger partial charge is 0.251 e. The number of para-hydroxylation sites is 1. The summed E-state index contributed by atoms with van der Waals surface area (Å²) in [6, 6.07) is 27.3. The Morgan fingerprint density at radius 3 is 2.00 bits per heavy atom. The van der Waals surface area contributed by atoms with Gasteiger partial charge in [-0.05, 0) is 35.4 Å². The zero-order valence-electron chi connectivity index (χ0n) is 13.3. The Labute approximate surface area is 141 Å². The van der Waals surface area contributed by atoms with Gasteiger partial charge >= 0.3 is 0 Å². The molecule has 0 radical (unpaired) electrons. The summed E-state index contributed by atoms with van der Waals surface area (Å²) in [7, 11) is 0. The molecule has 0 aliphatic heterocycles. The van der Waals surface area contributed by atoms with E-state index in [1.54, 1.807) is 0 Å². The lowest BCUT2D eigenvalue weighted by molar-refractivity contribution is 0.0947. The quantitative estimate of drug-likeness (QED) is 0.693. The maximum atomic E-state index is 12.1. The van der Waals surface area contributed by atoms with E-state index in [1.807, 2.05) is 72.8 Å². The summed E-state index contributed by atoms with van der Waals surface area (Å²) in [6.45, 7) is 0.909. The maximum Gasteiger partial charge on any atom is 0.251 e. The van der Waals surface area contributed by atoms with Crippen molar-refractivity contribution in [2.75, 3.05) is 13.2 Å². The highest BCUT2D eigenvalue weighted by Crippen LogP contribution is 2.19. The summed E-state index contributed by atoms with van der Waals surface area (Å²) in [5.41, 5.74) is 2.88. The minimum atomic E-state index is -0.0914. The normalized spacial score (nSPS) is 10.2. The molecular formula is C21H19NO2. The van der Waals surface area contributed by atoms with Crippen LogP contribution in [0.3, 0.4) is 0 Å². The van der Waals surface area contributed by atoms with Gasteiger partial charge in [-0.2, -0.15) is 0 Å². The van der Waals surface area contributed by atoms with Crippen molar-refractivity contribution in [3.8, 4) is 16.9 Å². The molecule has 1 amide bonds. The average Bonchev–Trinajstić information content (AvgIpc) is 2.67. The zero-order valence-corrected chi connectivity index (χ0v) is 13.3. The molecule has 120 valence electrons. The number of hydrogen-bond donors (Lipinski definition) is 1. The molecule has 0 unspecified atom stereocenters. The molecular weight excluding hydrogens is 298 g/mol. The van der Waals surface area contributed by atoms with Crippen LogP contribution in [0.25, 0.3) is 11.1 Å². The fraction of sp³-hybridized carbons (Fsp3) is 0.0952. The molecule has 3 heteroatoms. The summed E-state index contributed by atoms with van der Waals surface area (Å²) in [5.74, 6) is 0.713. The Bertz CT molecular complexity index is 768. The Hall–Kier alpha value is -3.07. The van der Waals surface area contributed by atoms with E-state index in [0.717, 1.165) is 16.9 Å². The van der Waals surface area contributed by atoms with E-state index in [-0.39, 0.29) is 5.91 Å². The van der Waals surface area contributed by atoms with Gasteiger partial charge in [0.15, 0.2) is 0 Å². The maximum absolute atomic E-state index is 12.1. The van der Waals surface area contributed by atoms with Gasteiger partial charge in [-0.25, -0.2) is 0 Å². The van der Waals surface area contributed by atoms with Crippen molar-refractivity contribution in [1.29, 1.82) is 0 Å². The Morgan fingerprint density at radius 2 is 1.33 bits per heavy atom. The molecule has 0 saturated heterocycles. The number of nitrogens with one attached hydrogen (secondary N) is 1. The Balaban J connectivity index is 1.50. The number of rotatable bonds is 6. The van der Waals surface area contributed by atoms with Crippen molar-refractivity contribution in [3.05, 3.63) is 90.5 Å². The highest BCUT2D eigenvalue weighted by Gasteiger charge is 2.05. The topological polar surface area (TPSA) is 38.3 Å². The van der Waals surface area contributed by atoms with E-state index in [2.05, 4.69) is 17.4 Å². The van der Waals surface area contributed by atoms with Crippen molar-refractivity contribution in [3.63, 3.8) is 0 Å². The first kappa shape index (κ1) is 15.8. The zero-order chi connectivity index (χ0) is 16.6. The second-order valence-electron chi connectivity index (χ2n) is 5.36. The summed E-state index contributed by atoms with van der Waals surface area (Å²) in [6.07, 6.45) is 0. The van der Waals surface area contributed by atoms with Crippen molar-refractivity contribution in [1.82, 2.24) is 5.32 Å². The molecule has 1 N–H and O–H groups in total. The molecule has 3 rings (SSSR count). The van der Waals surface area contributed by atoms with Crippen LogP contribution < -0.4 is 10.1 Å². The molecule has 0 aliphatic carbocycles. The molecule has 0 aliphatic rings. The first-order valence-electron chi connectivity index (χ1n) is 7.94. The number of benzene rings is 3. The van der Waals surface area contributed by atoms with Crippen molar-refractivity contribution < 1.29 is 9.53 Å². The highest BCUT2D eigenvalue weighted by molar-refractivity contribution is 5.94. The van der Waals surface area contributed by atoms with Gasteiger partial charge in [0, 0.05) is 5.56 Å². The first-order chi connectivity index (χ1) is 11.8. The summed E-state index contributed by atoms with van der Waals surface area (Å²) in [5, 5.41) is 2.86. The lowest BCUT2D eigenvalue weighted by Gasteiger charge is -2.08. The van der Waals surface area contributed by atoms with E-state index in [9.17, 15) is 4.79 Å². The summed E-state index contributed by atoms with van der Waals surface area (Å²) < 4.78 is 5.55. The second kappa shape index (κ2) is 7.97. The second-order valence-corrected chi connectivity index (χ2v) is 5.36. The van der Waals surface area contributed by atoms with Gasteiger partial charge < -0.3 is 10.1 Å². The van der Waals surface area contributed by atoms with Gasteiger partial charge in [-0.1, -0.05) is 60.7 Å². The van der Waals surface area contributed by atoms with Gasteiger partial charge in [0.25, 0.3) is 5.91 Å². The molecule has 24 heavy (non-hydrogen) atoms. The molecule has 3 aromatic carbocycles. The largest absolute Gasteiger partial charge is 0.492 e. The van der Waals surface area contributed by atoms with Crippen LogP contribution in [-0.4, -0.2) is 19.1 Å². The molecule has 0 spiro atoms. The van der Waals surface area contributed by atoms with Crippen LogP contribution in [-0.2, 0) is 0 Å². The summed E-state index contributed by atoms with van der Waals surface area (Å²) in [4.78, 5) is 12.1. The van der Waals surface area contributed by atoms with Crippen LogP contribution >= 0.6 is 0 Å². The van der Waals surface area contributed by atoms with Crippen molar-refractivity contribution in [2.24, 2.45) is 0 Å². The van der Waals surface area contributed by atoms with Gasteiger partial charge in [-0.3, -0.25) is 4.79 Å². The van der Waals surface area contributed by atoms with E-state index in [4.69, 9.17) is 4.74 Å². The standard InChI is InChI=1S/C21H19NO2/c23-21(22-15-16-24-20-9-5-2-6-10-20)19-13-11-18(12-14-19)17-7-3-1-4-8-17/h1-14H,15-16H2,(H,22,23). The minimum absolute atomic E-state index is 0.0914. The third-order valence-electron chi connectivity index (χ3n) is 3.65. The van der Waals surface area contributed by atoms with E-state index >= 15 is 0 Å². The molecule has 3 aromatic rings. The summed E-state index contributed by atoms with van der Waals surface area (Å²) >= 11 is 0. The van der Waals surface area contributed by atoms with Crippen LogP contribution in [0.5, 0.6) is 5.75 Å². The number of amides is 1. The Kier molecular flexibility index (Phi) is 5.25. The van der Waals surface area contributed by atoms with Crippen LogP contribution in [0.15, 0.2) is 84.9 Å². The Morgan fingerprint density at radius 1 is 0.750 bits per heavy atom. The van der Waals surface area contributed by atoms with Crippen molar-refractivity contribution >= 4 is 5.91 Å². The van der Waals surface area contributed by atoms with Gasteiger partial charge in [0.05, 0.1) is 6.54 Å². The molecule has 0 atom stereocenters. The lowest BCUT2D eigenvalue weighted by Crippen LogP contribution is -2.28. The number of carbonyl (C=O) groups excluding carboxylic acids is 1. The van der Waals surface area contributed by atoms with Crippen LogP contribution in [0, 0.1) is 0 Å². The average molecular weight is 317 g/mol. The predicted octanol–water partition coefficient (Wildman–Crippen LogP) is 4.16. The first-order valence-corrected chi connectivity index (χ1v) is 7.94. The SMILES string of the molecule is O=C(NCCOc1ccccc1)c1ccc(-c2ccccc2)cc1. The minimum Gasteiger partial charge on any atom is -0.492 e. The van der Waals surface area contributed by atoms with E-state index < -0.39 is 0 Å². The highest BCUT2D eigenvalue weighted by atomic mass is 16.5. The molecule has 0 fully saturated rings. The number of carbonyl (C=O) groups is 1. The monoisotopic (exact) mass is 317 g/mol. The fourth-order valence-electron chi connectivity index (χ4n) is 2.40. The van der Waals surface area contributed by atoms with Gasteiger partial charge in [0.2, 0.25) is 0 Å². The lowest BCUT2D eigenvalue weighted by atomic mass is 10.0. The molecule has 0 bridgehead atoms. The predicted molar refractivity (Wildman–Crippen MR) is 96.1 cm³/mol. The van der Waals surface area contributed by atoms with Gasteiger partial charge in [0.1, 0.15) is 12.4 Å². The molecule has 3 nitrogen and oxygen atoms in total. The number of ether oxygens (including phenoxy) is 1. The van der Waals surface area contributed by atoms with Crippen LogP contribution in [0.1, 0.15) is 10.4 Å². The fourth-order valence-corrected chi connectivity index (χ4v) is 2.40. The van der Waals surface area contributed by atoms with E-state index in [1.165, 1.54) is 0 Å². The van der Waals surface area contributed by atoms with E-state index in [0.29, 0.717) is 18.7 Å². The molecule has 0 heterocycles. The molecule has 0 aromatic heterocycles.